The fourth-order valence-corrected chi connectivity index (χ4v) is 1.13. The normalized spacial score (nSPS) is 10.2. The van der Waals surface area contributed by atoms with Crippen molar-refractivity contribution in [3.63, 3.8) is 0 Å². The fourth-order valence-electron chi connectivity index (χ4n) is 1.03. The molecule has 2 rings (SSSR count). The summed E-state index contributed by atoms with van der Waals surface area (Å²) >= 11 is 4.62. The van der Waals surface area contributed by atoms with E-state index < -0.39 is 0 Å². The molecular weight excluding hydrogens is 156 g/mol. The molecule has 0 N–H and O–H groups in total. The van der Waals surface area contributed by atoms with Crippen LogP contribution in [0.5, 0.6) is 0 Å². The van der Waals surface area contributed by atoms with Crippen LogP contribution in [0.1, 0.15) is 5.76 Å². The minimum atomic E-state index is 0.626. The highest BCUT2D eigenvalue weighted by Gasteiger charge is 1.98. The van der Waals surface area contributed by atoms with E-state index in [1.807, 2.05) is 30.3 Å². The van der Waals surface area contributed by atoms with Crippen molar-refractivity contribution in [2.45, 2.75) is 0 Å². The molecule has 0 atom stereocenters. The van der Waals surface area contributed by atoms with Crippen LogP contribution in [-0.4, -0.2) is 5.37 Å². The van der Waals surface area contributed by atoms with E-state index in [1.165, 1.54) is 0 Å². The van der Waals surface area contributed by atoms with Gasteiger partial charge in [0.05, 0.1) is 0 Å². The molecule has 0 fully saturated rings. The Balaban J connectivity index is 2.78. The number of para-hydroxylation sites is 1. The molecule has 2 aromatic rings. The SMILES string of the molecule is S=[C]c1cc2ccccc2o1. The molecule has 11 heavy (non-hydrogen) atoms. The van der Waals surface area contributed by atoms with E-state index in [2.05, 4.69) is 17.6 Å². The second-order valence-corrected chi connectivity index (χ2v) is 2.45. The van der Waals surface area contributed by atoms with E-state index in [0.717, 1.165) is 11.0 Å². The second kappa shape index (κ2) is 2.47. The molecule has 0 bridgehead atoms. The van der Waals surface area contributed by atoms with Crippen molar-refractivity contribution < 1.29 is 4.42 Å². The molecule has 1 heterocycles. The monoisotopic (exact) mass is 161 g/mol. The van der Waals surface area contributed by atoms with E-state index >= 15 is 0 Å². The van der Waals surface area contributed by atoms with E-state index in [0.29, 0.717) is 5.76 Å². The summed E-state index contributed by atoms with van der Waals surface area (Å²) in [5.41, 5.74) is 0.861. The lowest BCUT2D eigenvalue weighted by atomic mass is 10.2. The van der Waals surface area contributed by atoms with E-state index in [1.54, 1.807) is 0 Å². The zero-order valence-corrected chi connectivity index (χ0v) is 6.52. The summed E-state index contributed by atoms with van der Waals surface area (Å²) in [6.45, 7) is 0. The average molecular weight is 161 g/mol. The molecule has 2 heteroatoms. The maximum atomic E-state index is 5.30. The molecule has 0 aliphatic carbocycles. The summed E-state index contributed by atoms with van der Waals surface area (Å²) in [5, 5.41) is 3.60. The first-order valence-corrected chi connectivity index (χ1v) is 3.68. The molecule has 0 saturated carbocycles. The minimum absolute atomic E-state index is 0.626. The predicted octanol–water partition coefficient (Wildman–Crippen LogP) is 2.66. The van der Waals surface area contributed by atoms with Gasteiger partial charge in [0.25, 0.3) is 0 Å². The number of hydrogen-bond acceptors (Lipinski definition) is 2. The first-order chi connectivity index (χ1) is 5.40. The van der Waals surface area contributed by atoms with Gasteiger partial charge in [0.15, 0.2) is 0 Å². The van der Waals surface area contributed by atoms with Gasteiger partial charge in [-0.1, -0.05) is 30.4 Å². The number of benzene rings is 1. The summed E-state index contributed by atoms with van der Waals surface area (Å²) in [4.78, 5) is 0. The van der Waals surface area contributed by atoms with Crippen molar-refractivity contribution in [3.8, 4) is 0 Å². The highest BCUT2D eigenvalue weighted by atomic mass is 32.1. The van der Waals surface area contributed by atoms with Gasteiger partial charge in [-0.3, -0.25) is 0 Å². The molecule has 1 aromatic heterocycles. The Morgan fingerprint density at radius 2 is 2.09 bits per heavy atom. The fraction of sp³-hybridized carbons (Fsp3) is 0. The lowest BCUT2D eigenvalue weighted by Crippen LogP contribution is -1.63. The van der Waals surface area contributed by atoms with Crippen molar-refractivity contribution in [1.29, 1.82) is 0 Å². The maximum Gasteiger partial charge on any atom is 0.147 e. The number of fused-ring (bicyclic) bond motifs is 1. The van der Waals surface area contributed by atoms with Crippen LogP contribution < -0.4 is 0 Å². The number of furan rings is 1. The lowest BCUT2D eigenvalue weighted by Gasteiger charge is -1.81. The third-order valence-electron chi connectivity index (χ3n) is 1.53. The Hall–Kier alpha value is -1.15. The zero-order chi connectivity index (χ0) is 7.68. The van der Waals surface area contributed by atoms with Crippen LogP contribution in [0.2, 0.25) is 0 Å². The zero-order valence-electron chi connectivity index (χ0n) is 5.70. The molecule has 0 aliphatic heterocycles. The molecule has 0 spiro atoms. The Labute approximate surface area is 69.6 Å². The van der Waals surface area contributed by atoms with Crippen LogP contribution in [-0.2, 0) is 0 Å². The number of rotatable bonds is 1. The molecule has 0 amide bonds. The van der Waals surface area contributed by atoms with Gasteiger partial charge in [-0.15, -0.1) is 0 Å². The summed E-state index contributed by atoms with van der Waals surface area (Å²) in [7, 11) is 0. The molecule has 1 nitrogen and oxygen atoms in total. The van der Waals surface area contributed by atoms with Crippen LogP contribution in [0, 0.1) is 0 Å². The third kappa shape index (κ3) is 1.05. The molecule has 1 radical (unpaired) electrons. The van der Waals surface area contributed by atoms with Gasteiger partial charge in [0.1, 0.15) is 16.7 Å². The Morgan fingerprint density at radius 3 is 2.82 bits per heavy atom. The van der Waals surface area contributed by atoms with Crippen LogP contribution in [0.4, 0.5) is 0 Å². The van der Waals surface area contributed by atoms with Crippen LogP contribution >= 0.6 is 12.2 Å². The van der Waals surface area contributed by atoms with Crippen LogP contribution in [0.25, 0.3) is 11.0 Å². The summed E-state index contributed by atoms with van der Waals surface area (Å²) < 4.78 is 5.30. The summed E-state index contributed by atoms with van der Waals surface area (Å²) in [6.07, 6.45) is 0. The van der Waals surface area contributed by atoms with Crippen molar-refractivity contribution in [3.05, 3.63) is 36.1 Å². The smallest absolute Gasteiger partial charge is 0.147 e. The van der Waals surface area contributed by atoms with Gasteiger partial charge in [-0.2, -0.15) is 0 Å². The first-order valence-electron chi connectivity index (χ1n) is 3.27. The van der Waals surface area contributed by atoms with Crippen molar-refractivity contribution in [1.82, 2.24) is 0 Å². The number of thiocarbonyl (C=S) groups is 1. The standard InChI is InChI=1S/C9H5OS/c11-6-8-5-7-3-1-2-4-9(7)10-8/h1-5H. The first kappa shape index (κ1) is 6.55. The molecule has 0 unspecified atom stereocenters. The molecule has 0 aliphatic rings. The van der Waals surface area contributed by atoms with Gasteiger partial charge in [0.2, 0.25) is 0 Å². The number of hydrogen-bond donors (Lipinski definition) is 0. The van der Waals surface area contributed by atoms with E-state index in [9.17, 15) is 0 Å². The van der Waals surface area contributed by atoms with Gasteiger partial charge < -0.3 is 4.42 Å². The molecule has 53 valence electrons. The Morgan fingerprint density at radius 1 is 1.27 bits per heavy atom. The maximum absolute atomic E-state index is 5.30. The van der Waals surface area contributed by atoms with Gasteiger partial charge in [0, 0.05) is 5.39 Å². The van der Waals surface area contributed by atoms with Crippen molar-refractivity contribution in [2.24, 2.45) is 0 Å². The van der Waals surface area contributed by atoms with Gasteiger partial charge >= 0.3 is 0 Å². The van der Waals surface area contributed by atoms with Crippen molar-refractivity contribution >= 4 is 28.6 Å². The Kier molecular flexibility index (Phi) is 1.47. The summed E-state index contributed by atoms with van der Waals surface area (Å²) in [6, 6.07) is 9.66. The lowest BCUT2D eigenvalue weighted by molar-refractivity contribution is 0.609. The molecule has 0 saturated heterocycles. The topological polar surface area (TPSA) is 13.1 Å². The van der Waals surface area contributed by atoms with Gasteiger partial charge in [-0.25, -0.2) is 0 Å². The van der Waals surface area contributed by atoms with Crippen LogP contribution in [0.3, 0.4) is 0 Å². The van der Waals surface area contributed by atoms with E-state index in [4.69, 9.17) is 4.42 Å². The summed E-state index contributed by atoms with van der Waals surface area (Å²) in [5.74, 6) is 0.626. The molecular formula is C9H5OS. The van der Waals surface area contributed by atoms with E-state index in [-0.39, 0.29) is 0 Å². The van der Waals surface area contributed by atoms with Crippen molar-refractivity contribution in [2.75, 3.05) is 0 Å². The van der Waals surface area contributed by atoms with Crippen LogP contribution in [0.15, 0.2) is 34.7 Å². The average Bonchev–Trinajstić information content (AvgIpc) is 2.46. The second-order valence-electron chi connectivity index (χ2n) is 2.25. The van der Waals surface area contributed by atoms with Gasteiger partial charge in [-0.05, 0) is 12.1 Å². The highest BCUT2D eigenvalue weighted by molar-refractivity contribution is 7.79. The third-order valence-corrected chi connectivity index (χ3v) is 1.73. The largest absolute Gasteiger partial charge is 0.455 e. The predicted molar refractivity (Wildman–Crippen MR) is 47.9 cm³/mol. The molecule has 1 aromatic carbocycles. The minimum Gasteiger partial charge on any atom is -0.455 e. The highest BCUT2D eigenvalue weighted by Crippen LogP contribution is 2.17. The Bertz CT molecular complexity index is 356. The quantitative estimate of drug-likeness (QED) is 0.596.